The molecular weight excluding hydrogens is 319 g/mol. The molecule has 0 aliphatic rings. The second-order valence-corrected chi connectivity index (χ2v) is 4.31. The average Bonchev–Trinajstić information content (AvgIpc) is 2.30. The number of aliphatic hydroxyl groups is 1. The van der Waals surface area contributed by atoms with Crippen molar-refractivity contribution in [2.75, 3.05) is 0 Å². The van der Waals surface area contributed by atoms with Gasteiger partial charge < -0.3 is 9.84 Å². The minimum Gasteiger partial charge on any atom is -0.437 e. The Hall–Kier alpha value is -1.21. The van der Waals surface area contributed by atoms with Crippen molar-refractivity contribution in [2.24, 2.45) is 0 Å². The Morgan fingerprint density at radius 1 is 1.25 bits per heavy atom. The van der Waals surface area contributed by atoms with Crippen LogP contribution in [0.15, 0.2) is 36.7 Å². The number of aliphatic hydroxyl groups excluding tert-OH is 1. The molecule has 0 radical (unpaired) electrons. The Morgan fingerprint density at radius 3 is 2.75 bits per heavy atom. The van der Waals surface area contributed by atoms with Crippen LogP contribution in [0.5, 0.6) is 11.6 Å². The first-order valence-corrected chi connectivity index (χ1v) is 5.71. The third-order valence-electron chi connectivity index (χ3n) is 1.86. The van der Waals surface area contributed by atoms with Gasteiger partial charge in [-0.1, -0.05) is 6.07 Å². The quantitative estimate of drug-likeness (QED) is 0.879. The molecule has 1 N–H and O–H groups in total. The molecule has 4 nitrogen and oxygen atoms in total. The predicted octanol–water partition coefficient (Wildman–Crippen LogP) is 2.37. The summed E-state index contributed by atoms with van der Waals surface area (Å²) in [5.41, 5.74) is 0.523. The largest absolute Gasteiger partial charge is 0.437 e. The topological polar surface area (TPSA) is 55.2 Å². The van der Waals surface area contributed by atoms with E-state index in [9.17, 15) is 0 Å². The highest BCUT2D eigenvalue weighted by atomic mass is 127. The lowest BCUT2D eigenvalue weighted by molar-refractivity contribution is 0.276. The molecule has 16 heavy (non-hydrogen) atoms. The van der Waals surface area contributed by atoms with Crippen molar-refractivity contribution < 1.29 is 9.84 Å². The maximum atomic E-state index is 8.81. The highest BCUT2D eigenvalue weighted by Crippen LogP contribution is 2.20. The highest BCUT2D eigenvalue weighted by Gasteiger charge is 2.00. The van der Waals surface area contributed by atoms with Crippen LogP contribution in [-0.4, -0.2) is 15.1 Å². The molecule has 2 aromatic rings. The van der Waals surface area contributed by atoms with Gasteiger partial charge in [0.25, 0.3) is 0 Å². The third kappa shape index (κ3) is 2.89. The number of halogens is 1. The Bertz CT molecular complexity index is 474. The van der Waals surface area contributed by atoms with Crippen LogP contribution >= 0.6 is 22.6 Å². The Morgan fingerprint density at radius 2 is 2.12 bits per heavy atom. The Labute approximate surface area is 106 Å². The number of aromatic nitrogens is 2. The van der Waals surface area contributed by atoms with Gasteiger partial charge in [-0.25, -0.2) is 4.98 Å². The average molecular weight is 328 g/mol. The zero-order chi connectivity index (χ0) is 11.4. The number of hydrogen-bond acceptors (Lipinski definition) is 4. The van der Waals surface area contributed by atoms with E-state index in [1.807, 2.05) is 24.3 Å². The van der Waals surface area contributed by atoms with Crippen LogP contribution in [0, 0.1) is 3.57 Å². The van der Waals surface area contributed by atoms with Gasteiger partial charge in [0.2, 0.25) is 5.88 Å². The molecule has 0 fully saturated rings. The number of rotatable bonds is 3. The van der Waals surface area contributed by atoms with E-state index in [-0.39, 0.29) is 6.61 Å². The van der Waals surface area contributed by atoms with Gasteiger partial charge in [-0.3, -0.25) is 4.98 Å². The van der Waals surface area contributed by atoms with Crippen molar-refractivity contribution in [1.82, 2.24) is 9.97 Å². The smallest absolute Gasteiger partial charge is 0.237 e. The van der Waals surface area contributed by atoms with E-state index in [4.69, 9.17) is 9.84 Å². The lowest BCUT2D eigenvalue weighted by atomic mass is 10.3. The summed E-state index contributed by atoms with van der Waals surface area (Å²) >= 11 is 2.21. The van der Waals surface area contributed by atoms with Crippen molar-refractivity contribution in [1.29, 1.82) is 0 Å². The van der Waals surface area contributed by atoms with E-state index >= 15 is 0 Å². The molecule has 1 aromatic heterocycles. The van der Waals surface area contributed by atoms with E-state index in [2.05, 4.69) is 32.6 Å². The molecule has 0 saturated carbocycles. The van der Waals surface area contributed by atoms with Crippen LogP contribution in [0.2, 0.25) is 0 Å². The van der Waals surface area contributed by atoms with Gasteiger partial charge in [-0.15, -0.1) is 0 Å². The molecule has 1 aromatic carbocycles. The second kappa shape index (κ2) is 5.22. The monoisotopic (exact) mass is 328 g/mol. The van der Waals surface area contributed by atoms with Gasteiger partial charge in [0, 0.05) is 3.57 Å². The van der Waals surface area contributed by atoms with Gasteiger partial charge in [0.1, 0.15) is 5.75 Å². The zero-order valence-electron chi connectivity index (χ0n) is 8.30. The lowest BCUT2D eigenvalue weighted by Crippen LogP contribution is -1.93. The molecule has 2 rings (SSSR count). The van der Waals surface area contributed by atoms with E-state index in [0.717, 1.165) is 9.32 Å². The molecular formula is C11H9IN2O2. The summed E-state index contributed by atoms with van der Waals surface area (Å²) in [6.45, 7) is -0.115. The van der Waals surface area contributed by atoms with Crippen molar-refractivity contribution in [3.05, 3.63) is 45.9 Å². The number of hydrogen-bond donors (Lipinski definition) is 1. The maximum absolute atomic E-state index is 8.81. The van der Waals surface area contributed by atoms with E-state index in [0.29, 0.717) is 11.6 Å². The van der Waals surface area contributed by atoms with E-state index in [1.165, 1.54) is 12.4 Å². The van der Waals surface area contributed by atoms with Crippen LogP contribution in [0.25, 0.3) is 0 Å². The van der Waals surface area contributed by atoms with Crippen LogP contribution in [-0.2, 0) is 6.61 Å². The fourth-order valence-electron chi connectivity index (χ4n) is 1.13. The number of ether oxygens (including phenoxy) is 1. The molecule has 0 aliphatic heterocycles. The molecule has 0 amide bonds. The maximum Gasteiger partial charge on any atom is 0.237 e. The Kier molecular flexibility index (Phi) is 3.68. The van der Waals surface area contributed by atoms with Gasteiger partial charge >= 0.3 is 0 Å². The lowest BCUT2D eigenvalue weighted by Gasteiger charge is -2.04. The molecule has 0 spiro atoms. The molecule has 0 aliphatic carbocycles. The normalized spacial score (nSPS) is 10.1. The number of nitrogens with zero attached hydrogens (tertiary/aromatic N) is 2. The standard InChI is InChI=1S/C11H9IN2O2/c12-8-2-1-3-10(4-8)16-11-6-13-9(7-15)5-14-11/h1-6,15H,7H2. The molecule has 5 heteroatoms. The molecule has 0 unspecified atom stereocenters. The van der Waals surface area contributed by atoms with Gasteiger partial charge in [-0.2, -0.15) is 0 Å². The predicted molar refractivity (Wildman–Crippen MR) is 67.2 cm³/mol. The van der Waals surface area contributed by atoms with Crippen molar-refractivity contribution >= 4 is 22.6 Å². The van der Waals surface area contributed by atoms with E-state index < -0.39 is 0 Å². The summed E-state index contributed by atoms with van der Waals surface area (Å²) in [5, 5.41) is 8.81. The van der Waals surface area contributed by atoms with Crippen LogP contribution in [0.4, 0.5) is 0 Å². The van der Waals surface area contributed by atoms with Crippen LogP contribution in [0.1, 0.15) is 5.69 Å². The summed E-state index contributed by atoms with van der Waals surface area (Å²) in [6.07, 6.45) is 2.98. The first kappa shape index (κ1) is 11.3. The molecule has 0 saturated heterocycles. The van der Waals surface area contributed by atoms with Crippen molar-refractivity contribution in [3.8, 4) is 11.6 Å². The summed E-state index contributed by atoms with van der Waals surface area (Å²) in [6, 6.07) is 7.65. The highest BCUT2D eigenvalue weighted by molar-refractivity contribution is 14.1. The molecule has 82 valence electrons. The SMILES string of the molecule is OCc1cnc(Oc2cccc(I)c2)cn1. The summed E-state index contributed by atoms with van der Waals surface area (Å²) in [5.74, 6) is 1.14. The summed E-state index contributed by atoms with van der Waals surface area (Å²) in [4.78, 5) is 8.00. The number of benzene rings is 1. The second-order valence-electron chi connectivity index (χ2n) is 3.06. The van der Waals surface area contributed by atoms with Crippen LogP contribution in [0.3, 0.4) is 0 Å². The minimum atomic E-state index is -0.115. The van der Waals surface area contributed by atoms with Crippen molar-refractivity contribution in [2.45, 2.75) is 6.61 Å². The fourth-order valence-corrected chi connectivity index (χ4v) is 1.64. The van der Waals surface area contributed by atoms with Gasteiger partial charge in [0.05, 0.1) is 24.7 Å². The first-order chi connectivity index (χ1) is 7.78. The van der Waals surface area contributed by atoms with Crippen molar-refractivity contribution in [3.63, 3.8) is 0 Å². The van der Waals surface area contributed by atoms with Crippen LogP contribution < -0.4 is 4.74 Å². The molecule has 0 bridgehead atoms. The summed E-state index contributed by atoms with van der Waals surface area (Å²) < 4.78 is 6.59. The minimum absolute atomic E-state index is 0.115. The van der Waals surface area contributed by atoms with E-state index in [1.54, 1.807) is 0 Å². The fraction of sp³-hybridized carbons (Fsp3) is 0.0909. The first-order valence-electron chi connectivity index (χ1n) is 4.63. The molecule has 1 heterocycles. The summed E-state index contributed by atoms with van der Waals surface area (Å²) in [7, 11) is 0. The van der Waals surface area contributed by atoms with Gasteiger partial charge in [-0.05, 0) is 40.8 Å². The zero-order valence-corrected chi connectivity index (χ0v) is 10.5. The Balaban J connectivity index is 2.14. The third-order valence-corrected chi connectivity index (χ3v) is 2.53. The van der Waals surface area contributed by atoms with Gasteiger partial charge in [0.15, 0.2) is 0 Å². The molecule has 0 atom stereocenters.